The summed E-state index contributed by atoms with van der Waals surface area (Å²) in [5, 5.41) is 11.3. The number of hydrogen-bond acceptors (Lipinski definition) is 5. The van der Waals surface area contributed by atoms with E-state index in [0.29, 0.717) is 10.6 Å². The third-order valence-electron chi connectivity index (χ3n) is 3.20. The van der Waals surface area contributed by atoms with Gasteiger partial charge in [0, 0.05) is 20.2 Å². The van der Waals surface area contributed by atoms with Gasteiger partial charge in [-0.3, -0.25) is 0 Å². The minimum Gasteiger partial charge on any atom is -0.396 e. The molecule has 0 fully saturated rings. The van der Waals surface area contributed by atoms with Crippen molar-refractivity contribution in [3.63, 3.8) is 0 Å². The minimum atomic E-state index is 0.604. The molecule has 0 aliphatic carbocycles. The third-order valence-corrected chi connectivity index (χ3v) is 6.53. The fourth-order valence-corrected chi connectivity index (χ4v) is 5.08. The van der Waals surface area contributed by atoms with E-state index in [-0.39, 0.29) is 0 Å². The summed E-state index contributed by atoms with van der Waals surface area (Å²) in [6.07, 6.45) is 0. The molecule has 100 valence electrons. The number of thiophene rings is 3. The molecule has 0 saturated carbocycles. The van der Waals surface area contributed by atoms with Crippen molar-refractivity contribution in [1.82, 2.24) is 0 Å². The average Bonchev–Trinajstić information content (AvgIpc) is 3.10. The number of rotatable bonds is 2. The fraction of sp³-hybridized carbons (Fsp3) is 0.133. The van der Waals surface area contributed by atoms with Gasteiger partial charge in [0.2, 0.25) is 0 Å². The Balaban J connectivity index is 2.28. The summed E-state index contributed by atoms with van der Waals surface area (Å²) >= 11 is 4.91. The predicted molar refractivity (Wildman–Crippen MR) is 89.5 cm³/mol. The van der Waals surface area contributed by atoms with E-state index in [4.69, 9.17) is 5.73 Å². The lowest BCUT2D eigenvalue weighted by atomic mass is 10.1. The second-order valence-corrected chi connectivity index (χ2v) is 7.71. The molecule has 3 heterocycles. The zero-order valence-electron chi connectivity index (χ0n) is 11.1. The molecule has 2 nitrogen and oxygen atoms in total. The van der Waals surface area contributed by atoms with Gasteiger partial charge in [-0.25, -0.2) is 0 Å². The normalized spacial score (nSPS) is 10.7. The number of anilines is 1. The quantitative estimate of drug-likeness (QED) is 0.699. The van der Waals surface area contributed by atoms with Crippen LogP contribution in [0.15, 0.2) is 23.6 Å². The first-order chi connectivity index (χ1) is 9.61. The molecule has 3 aromatic rings. The molecular formula is C15H12N2S3. The first-order valence-corrected chi connectivity index (χ1v) is 8.56. The van der Waals surface area contributed by atoms with E-state index in [2.05, 4.69) is 32.0 Å². The molecule has 0 atom stereocenters. The molecule has 2 N–H and O–H groups in total. The Bertz CT molecular complexity index is 782. The number of nitrogens with two attached hydrogens (primary N) is 1. The highest BCUT2D eigenvalue weighted by atomic mass is 32.1. The van der Waals surface area contributed by atoms with Crippen LogP contribution in [0.1, 0.15) is 15.3 Å². The number of aryl methyl sites for hydroxylation is 2. The molecule has 3 aromatic heterocycles. The Hall–Kier alpha value is -1.61. The summed E-state index contributed by atoms with van der Waals surface area (Å²) in [4.78, 5) is 5.35. The van der Waals surface area contributed by atoms with Crippen LogP contribution in [0.3, 0.4) is 0 Å². The van der Waals surface area contributed by atoms with Gasteiger partial charge in [0.25, 0.3) is 0 Å². The van der Waals surface area contributed by atoms with Gasteiger partial charge in [-0.1, -0.05) is 6.07 Å². The van der Waals surface area contributed by atoms with Crippen LogP contribution in [0.4, 0.5) is 5.69 Å². The molecule has 0 amide bonds. The summed E-state index contributed by atoms with van der Waals surface area (Å²) in [6, 6.07) is 8.46. The van der Waals surface area contributed by atoms with Crippen LogP contribution in [0, 0.1) is 25.2 Å². The number of hydrogen-bond donors (Lipinski definition) is 1. The van der Waals surface area contributed by atoms with E-state index in [9.17, 15) is 5.26 Å². The molecule has 0 spiro atoms. The van der Waals surface area contributed by atoms with Crippen molar-refractivity contribution in [2.24, 2.45) is 0 Å². The molecule has 0 radical (unpaired) electrons. The Labute approximate surface area is 129 Å². The molecule has 0 bridgehead atoms. The summed E-state index contributed by atoms with van der Waals surface area (Å²) in [5.41, 5.74) is 9.10. The van der Waals surface area contributed by atoms with Crippen LogP contribution >= 0.6 is 34.0 Å². The van der Waals surface area contributed by atoms with Gasteiger partial charge in [0.05, 0.1) is 10.6 Å². The molecule has 3 rings (SSSR count). The Kier molecular flexibility index (Phi) is 3.38. The largest absolute Gasteiger partial charge is 0.396 e. The molecule has 0 unspecified atom stereocenters. The Morgan fingerprint density at radius 2 is 2.00 bits per heavy atom. The molecule has 20 heavy (non-hydrogen) atoms. The first kappa shape index (κ1) is 13.4. The highest BCUT2D eigenvalue weighted by molar-refractivity contribution is 7.24. The van der Waals surface area contributed by atoms with Crippen molar-refractivity contribution >= 4 is 39.7 Å². The maximum atomic E-state index is 9.25. The smallest absolute Gasteiger partial charge is 0.129 e. The molecule has 0 aliphatic heterocycles. The number of nitrogens with zero attached hydrogens (tertiary/aromatic N) is 1. The molecule has 0 aliphatic rings. The van der Waals surface area contributed by atoms with Gasteiger partial charge in [0.15, 0.2) is 0 Å². The molecular weight excluding hydrogens is 304 g/mol. The average molecular weight is 316 g/mol. The summed E-state index contributed by atoms with van der Waals surface area (Å²) in [5.74, 6) is 0. The van der Waals surface area contributed by atoms with E-state index >= 15 is 0 Å². The van der Waals surface area contributed by atoms with Gasteiger partial charge < -0.3 is 5.73 Å². The van der Waals surface area contributed by atoms with Crippen molar-refractivity contribution < 1.29 is 0 Å². The van der Waals surface area contributed by atoms with Gasteiger partial charge in [-0.2, -0.15) is 5.26 Å². The number of nitrogen functional groups attached to an aromatic ring is 1. The zero-order valence-corrected chi connectivity index (χ0v) is 13.5. The summed E-state index contributed by atoms with van der Waals surface area (Å²) in [7, 11) is 0. The molecule has 5 heteroatoms. The maximum absolute atomic E-state index is 9.25. The minimum absolute atomic E-state index is 0.604. The van der Waals surface area contributed by atoms with Crippen molar-refractivity contribution in [2.75, 3.05) is 5.73 Å². The van der Waals surface area contributed by atoms with E-state index in [1.807, 2.05) is 11.4 Å². The molecule has 0 aromatic carbocycles. The molecule has 0 saturated heterocycles. The maximum Gasteiger partial charge on any atom is 0.129 e. The van der Waals surface area contributed by atoms with Crippen molar-refractivity contribution in [3.05, 3.63) is 38.9 Å². The van der Waals surface area contributed by atoms with Gasteiger partial charge in [-0.15, -0.1) is 34.0 Å². The van der Waals surface area contributed by atoms with E-state index in [0.717, 1.165) is 15.3 Å². The van der Waals surface area contributed by atoms with Crippen LogP contribution in [-0.4, -0.2) is 0 Å². The van der Waals surface area contributed by atoms with E-state index in [1.54, 1.807) is 22.7 Å². The monoisotopic (exact) mass is 316 g/mol. The highest BCUT2D eigenvalue weighted by Crippen LogP contribution is 2.48. The SMILES string of the molecule is Cc1cc(-c2sc(C#N)c(N)c2-c2cccs2)sc1C. The Morgan fingerprint density at radius 3 is 2.55 bits per heavy atom. The lowest BCUT2D eigenvalue weighted by molar-refractivity contribution is 1.44. The van der Waals surface area contributed by atoms with Gasteiger partial charge >= 0.3 is 0 Å². The van der Waals surface area contributed by atoms with Crippen LogP contribution in [0.5, 0.6) is 0 Å². The number of nitriles is 1. The van der Waals surface area contributed by atoms with Crippen molar-refractivity contribution in [1.29, 1.82) is 5.26 Å². The highest BCUT2D eigenvalue weighted by Gasteiger charge is 2.20. The summed E-state index contributed by atoms with van der Waals surface area (Å²) < 4.78 is 0. The lowest BCUT2D eigenvalue weighted by Crippen LogP contribution is -1.87. The standard InChI is InChI=1S/C15H12N2S3/c1-8-6-11(19-9(8)2)15-13(10-4-3-5-18-10)14(17)12(7-16)20-15/h3-6H,17H2,1-2H3. The fourth-order valence-electron chi connectivity index (χ4n) is 2.05. The van der Waals surface area contributed by atoms with Crippen LogP contribution in [0.2, 0.25) is 0 Å². The Morgan fingerprint density at radius 1 is 1.20 bits per heavy atom. The van der Waals surface area contributed by atoms with Gasteiger partial charge in [0.1, 0.15) is 10.9 Å². The van der Waals surface area contributed by atoms with Crippen LogP contribution in [-0.2, 0) is 0 Å². The van der Waals surface area contributed by atoms with Crippen molar-refractivity contribution in [3.8, 4) is 26.3 Å². The third kappa shape index (κ3) is 2.06. The van der Waals surface area contributed by atoms with Crippen molar-refractivity contribution in [2.45, 2.75) is 13.8 Å². The van der Waals surface area contributed by atoms with Crippen LogP contribution < -0.4 is 5.73 Å². The van der Waals surface area contributed by atoms with E-state index in [1.165, 1.54) is 26.7 Å². The lowest BCUT2D eigenvalue weighted by Gasteiger charge is -2.00. The topological polar surface area (TPSA) is 49.8 Å². The van der Waals surface area contributed by atoms with Gasteiger partial charge in [-0.05, 0) is 36.9 Å². The summed E-state index contributed by atoms with van der Waals surface area (Å²) in [6.45, 7) is 4.23. The first-order valence-electron chi connectivity index (χ1n) is 6.05. The second-order valence-electron chi connectivity index (χ2n) is 4.49. The van der Waals surface area contributed by atoms with E-state index < -0.39 is 0 Å². The zero-order chi connectivity index (χ0) is 14.3. The second kappa shape index (κ2) is 5.06. The van der Waals surface area contributed by atoms with Crippen LogP contribution in [0.25, 0.3) is 20.2 Å². The predicted octanol–water partition coefficient (Wildman–Crippen LogP) is 5.28.